The SMILES string of the molecule is Cc1nc2sc3c(c2c(=O)n1CC(C)C)CCC(C)C3. The van der Waals surface area contributed by atoms with E-state index < -0.39 is 0 Å². The molecule has 3 nitrogen and oxygen atoms in total. The van der Waals surface area contributed by atoms with Crippen molar-refractivity contribution in [3.8, 4) is 0 Å². The van der Waals surface area contributed by atoms with Gasteiger partial charge in [-0.3, -0.25) is 9.36 Å². The van der Waals surface area contributed by atoms with E-state index in [0.29, 0.717) is 5.92 Å². The van der Waals surface area contributed by atoms with Gasteiger partial charge < -0.3 is 0 Å². The van der Waals surface area contributed by atoms with Gasteiger partial charge in [-0.05, 0) is 43.6 Å². The maximum absolute atomic E-state index is 12.8. The fourth-order valence-corrected chi connectivity index (χ4v) is 4.52. The lowest BCUT2D eigenvalue weighted by atomic mass is 9.89. The van der Waals surface area contributed by atoms with Gasteiger partial charge in [-0.1, -0.05) is 20.8 Å². The predicted octanol–water partition coefficient (Wildman–Crippen LogP) is 3.55. The molecule has 1 aliphatic rings. The van der Waals surface area contributed by atoms with E-state index in [9.17, 15) is 4.79 Å². The Kier molecular flexibility index (Phi) is 3.44. The molecule has 0 fully saturated rings. The molecule has 1 atom stereocenters. The fraction of sp³-hybridized carbons (Fsp3) is 0.625. The molecule has 2 aromatic rings. The molecule has 0 N–H and O–H groups in total. The highest BCUT2D eigenvalue weighted by Gasteiger charge is 2.23. The Hall–Kier alpha value is -1.16. The number of rotatable bonds is 2. The Balaban J connectivity index is 2.23. The van der Waals surface area contributed by atoms with E-state index in [1.54, 1.807) is 11.3 Å². The van der Waals surface area contributed by atoms with Crippen LogP contribution in [0, 0.1) is 18.8 Å². The maximum atomic E-state index is 12.8. The van der Waals surface area contributed by atoms with Crippen LogP contribution in [0.25, 0.3) is 10.2 Å². The minimum absolute atomic E-state index is 0.174. The topological polar surface area (TPSA) is 34.9 Å². The summed E-state index contributed by atoms with van der Waals surface area (Å²) in [6.45, 7) is 9.28. The minimum Gasteiger partial charge on any atom is -0.296 e. The molecule has 1 unspecified atom stereocenters. The van der Waals surface area contributed by atoms with E-state index in [0.717, 1.165) is 41.3 Å². The van der Waals surface area contributed by atoms with Gasteiger partial charge in [-0.25, -0.2) is 4.98 Å². The molecule has 0 aliphatic heterocycles. The molecule has 0 bridgehead atoms. The van der Waals surface area contributed by atoms with Crippen LogP contribution < -0.4 is 5.56 Å². The highest BCUT2D eigenvalue weighted by Crippen LogP contribution is 2.35. The van der Waals surface area contributed by atoms with Crippen LogP contribution in [0.15, 0.2) is 4.79 Å². The van der Waals surface area contributed by atoms with Crippen molar-refractivity contribution in [2.24, 2.45) is 11.8 Å². The Morgan fingerprint density at radius 1 is 1.45 bits per heavy atom. The molecule has 0 saturated heterocycles. The first-order valence-electron chi connectivity index (χ1n) is 7.49. The average Bonchev–Trinajstić information content (AvgIpc) is 2.71. The third kappa shape index (κ3) is 2.20. The van der Waals surface area contributed by atoms with Gasteiger partial charge in [0.05, 0.1) is 5.39 Å². The summed E-state index contributed by atoms with van der Waals surface area (Å²) >= 11 is 1.73. The van der Waals surface area contributed by atoms with Crippen molar-refractivity contribution in [3.63, 3.8) is 0 Å². The fourth-order valence-electron chi connectivity index (χ4n) is 3.11. The number of nitrogens with zero attached hydrogens (tertiary/aromatic N) is 2. The van der Waals surface area contributed by atoms with Crippen molar-refractivity contribution in [1.29, 1.82) is 0 Å². The van der Waals surface area contributed by atoms with E-state index >= 15 is 0 Å². The van der Waals surface area contributed by atoms with E-state index in [4.69, 9.17) is 4.98 Å². The van der Waals surface area contributed by atoms with Crippen molar-refractivity contribution in [2.75, 3.05) is 0 Å². The standard InChI is InChI=1S/C16H22N2OS/c1-9(2)8-18-11(4)17-15-14(16(18)19)12-6-5-10(3)7-13(12)20-15/h9-10H,5-8H2,1-4H3. The number of fused-ring (bicyclic) bond motifs is 3. The normalized spacial score (nSPS) is 18.8. The van der Waals surface area contributed by atoms with Crippen LogP contribution in [0.1, 0.15) is 43.5 Å². The quantitative estimate of drug-likeness (QED) is 0.848. The number of aryl methyl sites for hydroxylation is 2. The molecule has 0 saturated carbocycles. The molecule has 0 amide bonds. The van der Waals surface area contributed by atoms with E-state index in [2.05, 4.69) is 20.8 Å². The van der Waals surface area contributed by atoms with Crippen LogP contribution in [-0.2, 0) is 19.4 Å². The van der Waals surface area contributed by atoms with E-state index in [1.165, 1.54) is 16.9 Å². The lowest BCUT2D eigenvalue weighted by Gasteiger charge is -2.17. The van der Waals surface area contributed by atoms with Gasteiger partial charge in [0, 0.05) is 11.4 Å². The van der Waals surface area contributed by atoms with E-state index in [1.807, 2.05) is 11.5 Å². The largest absolute Gasteiger partial charge is 0.296 e. The molecule has 3 rings (SSSR count). The molecule has 0 radical (unpaired) electrons. The maximum Gasteiger partial charge on any atom is 0.262 e. The van der Waals surface area contributed by atoms with Crippen LogP contribution >= 0.6 is 11.3 Å². The van der Waals surface area contributed by atoms with Gasteiger partial charge in [-0.15, -0.1) is 11.3 Å². The third-order valence-corrected chi connectivity index (χ3v) is 5.30. The van der Waals surface area contributed by atoms with Crippen molar-refractivity contribution >= 4 is 21.6 Å². The first-order valence-corrected chi connectivity index (χ1v) is 8.30. The summed E-state index contributed by atoms with van der Waals surface area (Å²) < 4.78 is 1.86. The molecule has 0 aromatic carbocycles. The van der Waals surface area contributed by atoms with Crippen molar-refractivity contribution in [3.05, 3.63) is 26.6 Å². The van der Waals surface area contributed by atoms with Crippen LogP contribution in [0.5, 0.6) is 0 Å². The molecule has 0 spiro atoms. The molecule has 2 aromatic heterocycles. The summed E-state index contributed by atoms with van der Waals surface area (Å²) in [5.41, 5.74) is 1.46. The third-order valence-electron chi connectivity index (χ3n) is 4.15. The van der Waals surface area contributed by atoms with Gasteiger partial charge in [0.2, 0.25) is 0 Å². The van der Waals surface area contributed by atoms with Gasteiger partial charge >= 0.3 is 0 Å². The second kappa shape index (κ2) is 4.99. The van der Waals surface area contributed by atoms with Crippen molar-refractivity contribution < 1.29 is 0 Å². The molecule has 2 heterocycles. The van der Waals surface area contributed by atoms with E-state index in [-0.39, 0.29) is 5.56 Å². The highest BCUT2D eigenvalue weighted by atomic mass is 32.1. The monoisotopic (exact) mass is 290 g/mol. The molecule has 108 valence electrons. The zero-order chi connectivity index (χ0) is 14.4. The lowest BCUT2D eigenvalue weighted by Crippen LogP contribution is -2.26. The van der Waals surface area contributed by atoms with Gasteiger partial charge in [0.1, 0.15) is 10.7 Å². The lowest BCUT2D eigenvalue weighted by molar-refractivity contribution is 0.496. The van der Waals surface area contributed by atoms with Gasteiger partial charge in [0.25, 0.3) is 5.56 Å². The summed E-state index contributed by atoms with van der Waals surface area (Å²) in [5, 5.41) is 0.906. The summed E-state index contributed by atoms with van der Waals surface area (Å²) in [4.78, 5) is 19.9. The highest BCUT2D eigenvalue weighted by molar-refractivity contribution is 7.18. The number of hydrogen-bond donors (Lipinski definition) is 0. The second-order valence-electron chi connectivity index (χ2n) is 6.50. The molecular formula is C16H22N2OS. The summed E-state index contributed by atoms with van der Waals surface area (Å²) in [7, 11) is 0. The Bertz CT molecular complexity index is 711. The van der Waals surface area contributed by atoms with Crippen LogP contribution in [0.3, 0.4) is 0 Å². The molecular weight excluding hydrogens is 268 g/mol. The number of aromatic nitrogens is 2. The zero-order valence-electron chi connectivity index (χ0n) is 12.7. The van der Waals surface area contributed by atoms with Gasteiger partial charge in [-0.2, -0.15) is 0 Å². The van der Waals surface area contributed by atoms with Crippen molar-refractivity contribution in [2.45, 2.75) is 53.5 Å². The zero-order valence-corrected chi connectivity index (χ0v) is 13.5. The first kappa shape index (κ1) is 13.8. The first-order chi connectivity index (χ1) is 9.47. The van der Waals surface area contributed by atoms with Crippen molar-refractivity contribution in [1.82, 2.24) is 9.55 Å². The molecule has 1 aliphatic carbocycles. The number of thiophene rings is 1. The molecule has 4 heteroatoms. The number of hydrogen-bond acceptors (Lipinski definition) is 3. The smallest absolute Gasteiger partial charge is 0.262 e. The summed E-state index contributed by atoms with van der Waals surface area (Å²) in [6, 6.07) is 0. The Labute approximate surface area is 123 Å². The minimum atomic E-state index is 0.174. The second-order valence-corrected chi connectivity index (χ2v) is 7.58. The molecule has 20 heavy (non-hydrogen) atoms. The van der Waals surface area contributed by atoms with Gasteiger partial charge in [0.15, 0.2) is 0 Å². The van der Waals surface area contributed by atoms with Crippen LogP contribution in [0.4, 0.5) is 0 Å². The summed E-state index contributed by atoms with van der Waals surface area (Å²) in [6.07, 6.45) is 3.34. The average molecular weight is 290 g/mol. The summed E-state index contributed by atoms with van der Waals surface area (Å²) in [5.74, 6) is 2.04. The Morgan fingerprint density at radius 3 is 2.90 bits per heavy atom. The predicted molar refractivity (Wildman–Crippen MR) is 84.6 cm³/mol. The van der Waals surface area contributed by atoms with Crippen LogP contribution in [0.2, 0.25) is 0 Å². The Morgan fingerprint density at radius 2 is 2.20 bits per heavy atom. The van der Waals surface area contributed by atoms with Crippen LogP contribution in [-0.4, -0.2) is 9.55 Å².